The van der Waals surface area contributed by atoms with Gasteiger partial charge in [0, 0.05) is 18.6 Å². The van der Waals surface area contributed by atoms with Gasteiger partial charge in [-0.05, 0) is 82.2 Å². The molecule has 0 amide bonds. The lowest BCUT2D eigenvalue weighted by Crippen LogP contribution is -2.59. The summed E-state index contributed by atoms with van der Waals surface area (Å²) in [6.45, 7) is 2.70. The molecule has 0 spiro atoms. The standard InChI is InChI=1S/C16H28N2/c1-17-15-3-2-4-18(10-15)16-13-6-11-5-12(8-13)9-14(16)7-11/h11-17H,2-10H2,1H3. The summed E-state index contributed by atoms with van der Waals surface area (Å²) in [5, 5.41) is 3.51. The first-order valence-corrected chi connectivity index (χ1v) is 8.24. The van der Waals surface area contributed by atoms with Crippen molar-refractivity contribution in [3.8, 4) is 0 Å². The summed E-state index contributed by atoms with van der Waals surface area (Å²) in [4.78, 5) is 2.89. The number of rotatable bonds is 2. The van der Waals surface area contributed by atoms with Crippen LogP contribution in [-0.4, -0.2) is 37.1 Å². The molecule has 0 radical (unpaired) electrons. The molecule has 1 heterocycles. The molecule has 5 fully saturated rings. The molecule has 102 valence electrons. The lowest BCUT2D eigenvalue weighted by molar-refractivity contribution is -0.0728. The smallest absolute Gasteiger partial charge is 0.0192 e. The van der Waals surface area contributed by atoms with Crippen LogP contribution in [0.15, 0.2) is 0 Å². The quantitative estimate of drug-likeness (QED) is 0.808. The van der Waals surface area contributed by atoms with Crippen LogP contribution in [0.5, 0.6) is 0 Å². The van der Waals surface area contributed by atoms with Crippen molar-refractivity contribution >= 4 is 0 Å². The molecular formula is C16H28N2. The SMILES string of the molecule is CNC1CCCN(C2C3CC4CC(C3)CC2C4)C1. The van der Waals surface area contributed by atoms with Gasteiger partial charge in [-0.2, -0.15) is 0 Å². The maximum atomic E-state index is 3.51. The van der Waals surface area contributed by atoms with Crippen LogP contribution in [0.1, 0.15) is 44.9 Å². The molecule has 4 saturated carbocycles. The first kappa shape index (κ1) is 11.7. The van der Waals surface area contributed by atoms with Crippen molar-refractivity contribution < 1.29 is 0 Å². The Kier molecular flexibility index (Phi) is 2.92. The minimum absolute atomic E-state index is 0.760. The van der Waals surface area contributed by atoms with E-state index in [1.165, 1.54) is 25.9 Å². The van der Waals surface area contributed by atoms with Crippen LogP contribution in [0.3, 0.4) is 0 Å². The number of piperidine rings is 1. The van der Waals surface area contributed by atoms with E-state index in [4.69, 9.17) is 0 Å². The van der Waals surface area contributed by atoms with E-state index in [-0.39, 0.29) is 0 Å². The predicted molar refractivity (Wildman–Crippen MR) is 74.5 cm³/mol. The van der Waals surface area contributed by atoms with E-state index in [0.717, 1.165) is 35.8 Å². The van der Waals surface area contributed by atoms with E-state index >= 15 is 0 Å². The zero-order valence-electron chi connectivity index (χ0n) is 11.8. The maximum absolute atomic E-state index is 3.51. The molecule has 1 atom stereocenters. The van der Waals surface area contributed by atoms with Crippen LogP contribution in [-0.2, 0) is 0 Å². The van der Waals surface area contributed by atoms with Gasteiger partial charge in [0.2, 0.25) is 0 Å². The van der Waals surface area contributed by atoms with E-state index in [1.54, 1.807) is 32.1 Å². The van der Waals surface area contributed by atoms with Gasteiger partial charge < -0.3 is 5.32 Å². The molecule has 1 unspecified atom stereocenters. The number of likely N-dealkylation sites (tertiary alicyclic amines) is 1. The van der Waals surface area contributed by atoms with E-state index in [9.17, 15) is 0 Å². The highest BCUT2D eigenvalue weighted by molar-refractivity contribution is 5.03. The third-order valence-electron chi connectivity index (χ3n) is 6.46. The lowest BCUT2D eigenvalue weighted by Gasteiger charge is -2.58. The topological polar surface area (TPSA) is 15.3 Å². The Morgan fingerprint density at radius 1 is 0.944 bits per heavy atom. The average molecular weight is 248 g/mol. The zero-order valence-corrected chi connectivity index (χ0v) is 11.8. The largest absolute Gasteiger partial charge is 0.316 e. The maximum Gasteiger partial charge on any atom is 0.0192 e. The molecule has 4 aliphatic carbocycles. The van der Waals surface area contributed by atoms with Gasteiger partial charge in [0.15, 0.2) is 0 Å². The molecule has 0 aromatic heterocycles. The number of nitrogens with zero attached hydrogens (tertiary/aromatic N) is 1. The molecule has 1 aliphatic heterocycles. The third-order valence-corrected chi connectivity index (χ3v) is 6.46. The first-order chi connectivity index (χ1) is 8.83. The van der Waals surface area contributed by atoms with E-state index < -0.39 is 0 Å². The first-order valence-electron chi connectivity index (χ1n) is 8.24. The molecule has 0 aromatic carbocycles. The van der Waals surface area contributed by atoms with Crippen molar-refractivity contribution in [3.63, 3.8) is 0 Å². The Morgan fingerprint density at radius 2 is 1.61 bits per heavy atom. The molecule has 4 bridgehead atoms. The van der Waals surface area contributed by atoms with Crippen LogP contribution in [0.25, 0.3) is 0 Å². The Morgan fingerprint density at radius 3 is 2.22 bits per heavy atom. The number of hydrogen-bond donors (Lipinski definition) is 1. The Balaban J connectivity index is 1.50. The predicted octanol–water partition coefficient (Wildman–Crippen LogP) is 2.49. The molecule has 0 aromatic rings. The van der Waals surface area contributed by atoms with Gasteiger partial charge in [-0.25, -0.2) is 0 Å². The van der Waals surface area contributed by atoms with Crippen molar-refractivity contribution in [2.45, 2.75) is 57.0 Å². The molecule has 1 saturated heterocycles. The summed E-state index contributed by atoms with van der Waals surface area (Å²) in [6.07, 6.45) is 10.7. The Hall–Kier alpha value is -0.0800. The molecule has 18 heavy (non-hydrogen) atoms. The second-order valence-corrected chi connectivity index (χ2v) is 7.54. The van der Waals surface area contributed by atoms with Gasteiger partial charge in [-0.15, -0.1) is 0 Å². The monoisotopic (exact) mass is 248 g/mol. The van der Waals surface area contributed by atoms with Gasteiger partial charge in [-0.1, -0.05) is 0 Å². The molecule has 2 nitrogen and oxygen atoms in total. The van der Waals surface area contributed by atoms with Gasteiger partial charge in [0.05, 0.1) is 0 Å². The van der Waals surface area contributed by atoms with Crippen molar-refractivity contribution in [2.75, 3.05) is 20.1 Å². The summed E-state index contributed by atoms with van der Waals surface area (Å²) in [5.41, 5.74) is 0. The van der Waals surface area contributed by atoms with Crippen molar-refractivity contribution in [1.29, 1.82) is 0 Å². The second kappa shape index (κ2) is 4.49. The summed E-state index contributed by atoms with van der Waals surface area (Å²) < 4.78 is 0. The Labute approximate surface area is 111 Å². The number of hydrogen-bond acceptors (Lipinski definition) is 2. The highest BCUT2D eigenvalue weighted by Crippen LogP contribution is 2.55. The highest BCUT2D eigenvalue weighted by Gasteiger charge is 2.50. The van der Waals surface area contributed by atoms with E-state index in [0.29, 0.717) is 0 Å². The van der Waals surface area contributed by atoms with Crippen LogP contribution in [0.4, 0.5) is 0 Å². The normalized spacial score (nSPS) is 51.8. The molecule has 1 N–H and O–H groups in total. The highest BCUT2D eigenvalue weighted by atomic mass is 15.2. The van der Waals surface area contributed by atoms with Gasteiger partial charge in [0.25, 0.3) is 0 Å². The summed E-state index contributed by atoms with van der Waals surface area (Å²) >= 11 is 0. The fourth-order valence-corrected chi connectivity index (χ4v) is 6.01. The fourth-order valence-electron chi connectivity index (χ4n) is 6.01. The summed E-state index contributed by atoms with van der Waals surface area (Å²) in [6, 6.07) is 1.73. The molecule has 2 heteroatoms. The second-order valence-electron chi connectivity index (χ2n) is 7.54. The average Bonchev–Trinajstić information content (AvgIpc) is 2.38. The summed E-state index contributed by atoms with van der Waals surface area (Å²) in [5.74, 6) is 4.37. The van der Waals surface area contributed by atoms with Crippen LogP contribution in [0, 0.1) is 23.7 Å². The van der Waals surface area contributed by atoms with Gasteiger partial charge in [-0.3, -0.25) is 4.90 Å². The number of likely N-dealkylation sites (N-methyl/N-ethyl adjacent to an activating group) is 1. The molecule has 5 aliphatic rings. The van der Waals surface area contributed by atoms with Crippen molar-refractivity contribution in [2.24, 2.45) is 23.7 Å². The minimum atomic E-state index is 0.760. The Bertz CT molecular complexity index is 286. The van der Waals surface area contributed by atoms with Crippen LogP contribution in [0.2, 0.25) is 0 Å². The van der Waals surface area contributed by atoms with Crippen molar-refractivity contribution in [3.05, 3.63) is 0 Å². The minimum Gasteiger partial charge on any atom is -0.316 e. The molecular weight excluding hydrogens is 220 g/mol. The van der Waals surface area contributed by atoms with E-state index in [2.05, 4.69) is 17.3 Å². The van der Waals surface area contributed by atoms with Crippen LogP contribution >= 0.6 is 0 Å². The van der Waals surface area contributed by atoms with E-state index in [1.807, 2.05) is 0 Å². The molecule has 5 rings (SSSR count). The summed E-state index contributed by atoms with van der Waals surface area (Å²) in [7, 11) is 2.14. The zero-order chi connectivity index (χ0) is 12.1. The van der Waals surface area contributed by atoms with Crippen molar-refractivity contribution in [1.82, 2.24) is 10.2 Å². The fraction of sp³-hybridized carbons (Fsp3) is 1.00. The third kappa shape index (κ3) is 1.84. The number of nitrogens with one attached hydrogen (secondary N) is 1. The van der Waals surface area contributed by atoms with Gasteiger partial charge >= 0.3 is 0 Å². The van der Waals surface area contributed by atoms with Crippen LogP contribution < -0.4 is 5.32 Å². The van der Waals surface area contributed by atoms with Gasteiger partial charge in [0.1, 0.15) is 0 Å². The lowest BCUT2D eigenvalue weighted by atomic mass is 9.53.